The average Bonchev–Trinajstić information content (AvgIpc) is 2.90. The lowest BCUT2D eigenvalue weighted by Gasteiger charge is -2.07. The van der Waals surface area contributed by atoms with E-state index in [9.17, 15) is 4.79 Å². The monoisotopic (exact) mass is 321 g/mol. The lowest BCUT2D eigenvalue weighted by atomic mass is 10.1. The number of unbranched alkanes of at least 4 members (excludes halogenated alkanes) is 1. The second-order valence-electron chi connectivity index (χ2n) is 4.75. The van der Waals surface area contributed by atoms with Crippen LogP contribution in [0, 0.1) is 0 Å². The summed E-state index contributed by atoms with van der Waals surface area (Å²) < 4.78 is 0.988. The molecule has 0 saturated heterocycles. The van der Waals surface area contributed by atoms with Crippen LogP contribution >= 0.6 is 23.1 Å². The number of hydrogen-bond donors (Lipinski definition) is 2. The number of hydrogen-bond acceptors (Lipinski definition) is 4. The number of benzene rings is 1. The molecule has 0 spiro atoms. The zero-order chi connectivity index (χ0) is 15.2. The molecule has 2 N–H and O–H groups in total. The molecule has 1 heterocycles. The zero-order valence-electron chi connectivity index (χ0n) is 12.2. The van der Waals surface area contributed by atoms with Gasteiger partial charge in [-0.2, -0.15) is 0 Å². The average molecular weight is 321 g/mol. The Morgan fingerprint density at radius 2 is 2.05 bits per heavy atom. The number of carbonyl (C=O) groups is 1. The number of anilines is 2. The third-order valence-corrected chi connectivity index (χ3v) is 5.40. The Kier molecular flexibility index (Phi) is 5.70. The van der Waals surface area contributed by atoms with E-state index in [-0.39, 0.29) is 0 Å². The summed E-state index contributed by atoms with van der Waals surface area (Å²) in [6.07, 6.45) is 5.46. The maximum atomic E-state index is 11.1. The van der Waals surface area contributed by atoms with Gasteiger partial charge in [0.25, 0.3) is 0 Å². The molecule has 0 aliphatic rings. The molecule has 21 heavy (non-hydrogen) atoms. The van der Waals surface area contributed by atoms with E-state index in [0.29, 0.717) is 4.88 Å². The molecule has 0 amide bonds. The van der Waals surface area contributed by atoms with Gasteiger partial charge in [-0.25, -0.2) is 4.79 Å². The standard InChI is InChI=1S/C16H19NO2S2/c1-3-4-5-11-6-8-12(9-7-11)17-13-10-14(15(18)19)21-16(13)20-2/h6-10,17H,3-5H2,1-2H3,(H,18,19). The van der Waals surface area contributed by atoms with Crippen LogP contribution in [0.4, 0.5) is 11.4 Å². The first-order valence-corrected chi connectivity index (χ1v) is 8.95. The second-order valence-corrected chi connectivity index (χ2v) is 6.87. The molecule has 0 bridgehead atoms. The van der Waals surface area contributed by atoms with Gasteiger partial charge in [-0.1, -0.05) is 25.5 Å². The maximum absolute atomic E-state index is 11.1. The van der Waals surface area contributed by atoms with Crippen molar-refractivity contribution in [2.75, 3.05) is 11.6 Å². The molecular weight excluding hydrogens is 302 g/mol. The van der Waals surface area contributed by atoms with Crippen molar-refractivity contribution in [3.63, 3.8) is 0 Å². The van der Waals surface area contributed by atoms with Crippen LogP contribution in [0.15, 0.2) is 34.5 Å². The highest BCUT2D eigenvalue weighted by Gasteiger charge is 2.13. The highest BCUT2D eigenvalue weighted by Crippen LogP contribution is 2.36. The number of aryl methyl sites for hydroxylation is 1. The van der Waals surface area contributed by atoms with Crippen LogP contribution in [-0.2, 0) is 6.42 Å². The van der Waals surface area contributed by atoms with Crippen LogP contribution in [0.25, 0.3) is 0 Å². The number of rotatable bonds is 7. The second kappa shape index (κ2) is 7.52. The summed E-state index contributed by atoms with van der Waals surface area (Å²) in [5, 5.41) is 12.4. The van der Waals surface area contributed by atoms with Gasteiger partial charge in [0, 0.05) is 5.69 Å². The molecule has 0 fully saturated rings. The molecule has 0 unspecified atom stereocenters. The van der Waals surface area contributed by atoms with Crippen LogP contribution in [0.3, 0.4) is 0 Å². The van der Waals surface area contributed by atoms with Gasteiger partial charge in [-0.15, -0.1) is 23.1 Å². The van der Waals surface area contributed by atoms with E-state index >= 15 is 0 Å². The summed E-state index contributed by atoms with van der Waals surface area (Å²) in [5.41, 5.74) is 3.19. The molecule has 3 nitrogen and oxygen atoms in total. The van der Waals surface area contributed by atoms with Crippen molar-refractivity contribution in [3.8, 4) is 0 Å². The van der Waals surface area contributed by atoms with Crippen LogP contribution in [0.2, 0.25) is 0 Å². The van der Waals surface area contributed by atoms with Crippen molar-refractivity contribution in [1.82, 2.24) is 0 Å². The predicted molar refractivity (Wildman–Crippen MR) is 91.4 cm³/mol. The Morgan fingerprint density at radius 3 is 2.62 bits per heavy atom. The van der Waals surface area contributed by atoms with Gasteiger partial charge in [-0.05, 0) is 42.9 Å². The van der Waals surface area contributed by atoms with Gasteiger partial charge in [0.15, 0.2) is 0 Å². The van der Waals surface area contributed by atoms with Crippen LogP contribution < -0.4 is 5.32 Å². The highest BCUT2D eigenvalue weighted by molar-refractivity contribution is 8.00. The molecule has 0 aliphatic carbocycles. The highest BCUT2D eigenvalue weighted by atomic mass is 32.2. The first-order chi connectivity index (χ1) is 10.1. The Labute approximate surface area is 133 Å². The molecule has 0 aliphatic heterocycles. The number of thiophene rings is 1. The van der Waals surface area contributed by atoms with Crippen molar-refractivity contribution in [2.45, 2.75) is 30.4 Å². The van der Waals surface area contributed by atoms with Crippen LogP contribution in [0.1, 0.15) is 35.0 Å². The molecule has 0 saturated carbocycles. The summed E-state index contributed by atoms with van der Waals surface area (Å²) in [4.78, 5) is 11.4. The quantitative estimate of drug-likeness (QED) is 0.683. The van der Waals surface area contributed by atoms with E-state index < -0.39 is 5.97 Å². The van der Waals surface area contributed by atoms with Gasteiger partial charge in [0.1, 0.15) is 4.88 Å². The lowest BCUT2D eigenvalue weighted by Crippen LogP contribution is -1.92. The van der Waals surface area contributed by atoms with Gasteiger partial charge >= 0.3 is 5.97 Å². The van der Waals surface area contributed by atoms with Crippen molar-refractivity contribution in [2.24, 2.45) is 0 Å². The minimum absolute atomic E-state index is 0.362. The van der Waals surface area contributed by atoms with Crippen LogP contribution in [0.5, 0.6) is 0 Å². The van der Waals surface area contributed by atoms with Gasteiger partial charge in [0.2, 0.25) is 0 Å². The van der Waals surface area contributed by atoms with E-state index in [1.807, 2.05) is 18.4 Å². The van der Waals surface area contributed by atoms with Crippen LogP contribution in [-0.4, -0.2) is 17.3 Å². The topological polar surface area (TPSA) is 49.3 Å². The first-order valence-electron chi connectivity index (χ1n) is 6.91. The third-order valence-electron chi connectivity index (χ3n) is 3.15. The SMILES string of the molecule is CCCCc1ccc(Nc2cc(C(=O)O)sc2SC)cc1. The minimum Gasteiger partial charge on any atom is -0.477 e. The third kappa shape index (κ3) is 4.25. The van der Waals surface area contributed by atoms with Crippen molar-refractivity contribution in [1.29, 1.82) is 0 Å². The molecule has 1 aromatic heterocycles. The predicted octanol–water partition coefficient (Wildman–Crippen LogP) is 5.25. The van der Waals surface area contributed by atoms with E-state index in [0.717, 1.165) is 22.0 Å². The van der Waals surface area contributed by atoms with Gasteiger partial charge in [-0.3, -0.25) is 0 Å². The first kappa shape index (κ1) is 15.9. The molecule has 112 valence electrons. The van der Waals surface area contributed by atoms with E-state index in [4.69, 9.17) is 5.11 Å². The number of aromatic carboxylic acids is 1. The molecular formula is C16H19NO2S2. The Bertz CT molecular complexity index is 605. The van der Waals surface area contributed by atoms with E-state index in [1.165, 1.54) is 29.7 Å². The number of nitrogens with one attached hydrogen (secondary N) is 1. The Balaban J connectivity index is 2.12. The molecule has 2 aromatic rings. The molecule has 5 heteroatoms. The summed E-state index contributed by atoms with van der Waals surface area (Å²) in [7, 11) is 0. The zero-order valence-corrected chi connectivity index (χ0v) is 13.8. The largest absolute Gasteiger partial charge is 0.477 e. The molecule has 2 rings (SSSR count). The lowest BCUT2D eigenvalue weighted by molar-refractivity contribution is 0.0702. The summed E-state index contributed by atoms with van der Waals surface area (Å²) in [6, 6.07) is 10.0. The van der Waals surface area contributed by atoms with Gasteiger partial charge < -0.3 is 10.4 Å². The smallest absolute Gasteiger partial charge is 0.345 e. The number of carboxylic acid groups (broad SMARTS) is 1. The summed E-state index contributed by atoms with van der Waals surface area (Å²) >= 11 is 2.86. The van der Waals surface area contributed by atoms with Crippen molar-refractivity contribution >= 4 is 40.4 Å². The Hall–Kier alpha value is -1.46. The summed E-state index contributed by atoms with van der Waals surface area (Å²) in [6.45, 7) is 2.19. The Morgan fingerprint density at radius 1 is 1.33 bits per heavy atom. The fraction of sp³-hybridized carbons (Fsp3) is 0.312. The van der Waals surface area contributed by atoms with Gasteiger partial charge in [0.05, 0.1) is 9.90 Å². The number of carboxylic acids is 1. The molecule has 0 atom stereocenters. The molecule has 1 aromatic carbocycles. The normalized spacial score (nSPS) is 10.6. The van der Waals surface area contributed by atoms with E-state index in [2.05, 4.69) is 24.4 Å². The van der Waals surface area contributed by atoms with Crippen molar-refractivity contribution in [3.05, 3.63) is 40.8 Å². The van der Waals surface area contributed by atoms with E-state index in [1.54, 1.807) is 17.8 Å². The maximum Gasteiger partial charge on any atom is 0.345 e. The summed E-state index contributed by atoms with van der Waals surface area (Å²) in [5.74, 6) is -0.877. The van der Waals surface area contributed by atoms with Crippen molar-refractivity contribution < 1.29 is 9.90 Å². The minimum atomic E-state index is -0.877. The fourth-order valence-electron chi connectivity index (χ4n) is 2.01. The molecule has 0 radical (unpaired) electrons. The number of thioether (sulfide) groups is 1. The fourth-order valence-corrected chi connectivity index (χ4v) is 3.63.